The molecule has 0 spiro atoms. The topological polar surface area (TPSA) is 126 Å². The van der Waals surface area contributed by atoms with E-state index in [-0.39, 0.29) is 17.1 Å². The van der Waals surface area contributed by atoms with E-state index in [1.54, 1.807) is 0 Å². The molecule has 2 N–H and O–H groups in total. The van der Waals surface area contributed by atoms with Gasteiger partial charge in [0.2, 0.25) is 11.7 Å². The van der Waals surface area contributed by atoms with Crippen molar-refractivity contribution in [1.82, 2.24) is 10.9 Å². The zero-order valence-corrected chi connectivity index (χ0v) is 15.5. The van der Waals surface area contributed by atoms with Crippen LogP contribution in [0.1, 0.15) is 36.0 Å². The van der Waals surface area contributed by atoms with Crippen molar-refractivity contribution >= 4 is 17.8 Å². The fraction of sp³-hybridized carbons (Fsp3) is 0.500. The molecule has 0 unspecified atom stereocenters. The van der Waals surface area contributed by atoms with Gasteiger partial charge in [0.1, 0.15) is 0 Å². The molecule has 0 aliphatic heterocycles. The minimum absolute atomic E-state index is 0.171. The minimum Gasteiger partial charge on any atom is -0.550 e. The standard InChI is InChI=1S/C18H24N2O7/c1-25-13-8-10(9-14(26-2)15(13)27-3)16(21)19-20-17(22)11-6-4-5-7-12(11)18(23)24/h8-9,11-12H,4-7H2,1-3H3,(H,19,21)(H,20,22)(H,23,24)/p-1/t11-,12+/m0/s1. The van der Waals surface area contributed by atoms with Crippen molar-refractivity contribution in [2.24, 2.45) is 11.8 Å². The van der Waals surface area contributed by atoms with E-state index in [2.05, 4.69) is 10.9 Å². The van der Waals surface area contributed by atoms with Crippen LogP contribution in [0, 0.1) is 11.8 Å². The second-order valence-corrected chi connectivity index (χ2v) is 6.17. The van der Waals surface area contributed by atoms with Gasteiger partial charge in [-0.15, -0.1) is 0 Å². The van der Waals surface area contributed by atoms with Gasteiger partial charge in [-0.2, -0.15) is 0 Å². The molecule has 1 saturated carbocycles. The number of benzene rings is 1. The van der Waals surface area contributed by atoms with Crippen LogP contribution in [0.15, 0.2) is 12.1 Å². The van der Waals surface area contributed by atoms with Gasteiger partial charge in [-0.05, 0) is 25.0 Å². The molecule has 1 aromatic carbocycles. The van der Waals surface area contributed by atoms with E-state index in [1.165, 1.54) is 33.5 Å². The van der Waals surface area contributed by atoms with Crippen molar-refractivity contribution in [2.75, 3.05) is 21.3 Å². The SMILES string of the molecule is COc1cc(C(=O)NNC(=O)[C@H]2CCCC[C@H]2C(=O)[O-])cc(OC)c1OC. The average Bonchev–Trinajstić information content (AvgIpc) is 2.70. The van der Waals surface area contributed by atoms with Crippen LogP contribution in [0.4, 0.5) is 0 Å². The molecule has 0 radical (unpaired) electrons. The van der Waals surface area contributed by atoms with E-state index < -0.39 is 29.6 Å². The molecular formula is C18H23N2O7-. The van der Waals surface area contributed by atoms with Crippen molar-refractivity contribution in [2.45, 2.75) is 25.7 Å². The highest BCUT2D eigenvalue weighted by Crippen LogP contribution is 2.38. The summed E-state index contributed by atoms with van der Waals surface area (Å²) in [6, 6.07) is 2.88. The second-order valence-electron chi connectivity index (χ2n) is 6.17. The second kappa shape index (κ2) is 9.11. The van der Waals surface area contributed by atoms with E-state index in [0.29, 0.717) is 18.6 Å². The number of methoxy groups -OCH3 is 3. The lowest BCUT2D eigenvalue weighted by atomic mass is 9.79. The molecule has 2 atom stereocenters. The van der Waals surface area contributed by atoms with Gasteiger partial charge < -0.3 is 24.1 Å². The molecule has 148 valence electrons. The molecule has 9 heteroatoms. The normalized spacial score (nSPS) is 18.9. The fourth-order valence-electron chi connectivity index (χ4n) is 3.22. The fourth-order valence-corrected chi connectivity index (χ4v) is 3.22. The number of carboxylic acid groups (broad SMARTS) is 1. The van der Waals surface area contributed by atoms with E-state index in [4.69, 9.17) is 14.2 Å². The average molecular weight is 379 g/mol. The van der Waals surface area contributed by atoms with Crippen LogP contribution in [0.25, 0.3) is 0 Å². The minimum atomic E-state index is -1.24. The van der Waals surface area contributed by atoms with Gasteiger partial charge in [0.15, 0.2) is 11.5 Å². The largest absolute Gasteiger partial charge is 0.550 e. The summed E-state index contributed by atoms with van der Waals surface area (Å²) in [7, 11) is 4.28. The van der Waals surface area contributed by atoms with Crippen molar-refractivity contribution in [1.29, 1.82) is 0 Å². The molecule has 1 aromatic rings. The first kappa shape index (κ1) is 20.3. The van der Waals surface area contributed by atoms with Crippen LogP contribution in [0.5, 0.6) is 17.2 Å². The molecule has 0 saturated heterocycles. The highest BCUT2D eigenvalue weighted by Gasteiger charge is 2.32. The first-order valence-corrected chi connectivity index (χ1v) is 8.54. The van der Waals surface area contributed by atoms with E-state index in [1.807, 2.05) is 0 Å². The number of hydrogen-bond donors (Lipinski definition) is 2. The summed E-state index contributed by atoms with van der Waals surface area (Å²) in [6.07, 6.45) is 2.31. The van der Waals surface area contributed by atoms with E-state index in [9.17, 15) is 19.5 Å². The molecule has 27 heavy (non-hydrogen) atoms. The Hall–Kier alpha value is -2.97. The Bertz CT molecular complexity index is 695. The predicted octanol–water partition coefficient (Wildman–Crippen LogP) is 0.0297. The first-order valence-electron chi connectivity index (χ1n) is 8.54. The molecule has 1 aliphatic rings. The third-order valence-electron chi connectivity index (χ3n) is 4.63. The molecule has 1 aliphatic carbocycles. The molecule has 0 aromatic heterocycles. The molecular weight excluding hydrogens is 356 g/mol. The van der Waals surface area contributed by atoms with Crippen molar-refractivity contribution in [3.8, 4) is 17.2 Å². The highest BCUT2D eigenvalue weighted by atomic mass is 16.5. The number of ether oxygens (including phenoxy) is 3. The molecule has 0 bridgehead atoms. The van der Waals surface area contributed by atoms with Crippen molar-refractivity contribution < 1.29 is 33.7 Å². The van der Waals surface area contributed by atoms with Crippen LogP contribution in [-0.4, -0.2) is 39.1 Å². The lowest BCUT2D eigenvalue weighted by Crippen LogP contribution is -2.49. The van der Waals surface area contributed by atoms with Crippen LogP contribution in [0.3, 0.4) is 0 Å². The number of hydrazine groups is 1. The number of carboxylic acids is 1. The number of rotatable bonds is 6. The number of amides is 2. The van der Waals surface area contributed by atoms with E-state index in [0.717, 1.165) is 12.8 Å². The summed E-state index contributed by atoms with van der Waals surface area (Å²) >= 11 is 0. The van der Waals surface area contributed by atoms with Gasteiger partial charge in [-0.25, -0.2) is 0 Å². The zero-order chi connectivity index (χ0) is 20.0. The summed E-state index contributed by atoms with van der Waals surface area (Å²) in [4.78, 5) is 35.9. The molecule has 2 rings (SSSR count). The number of nitrogens with one attached hydrogen (secondary N) is 2. The van der Waals surface area contributed by atoms with Gasteiger partial charge in [0, 0.05) is 23.4 Å². The Kier molecular flexibility index (Phi) is 6.86. The Morgan fingerprint density at radius 1 is 0.926 bits per heavy atom. The molecule has 0 heterocycles. The summed E-state index contributed by atoms with van der Waals surface area (Å²) in [5.41, 5.74) is 4.76. The van der Waals surface area contributed by atoms with Crippen molar-refractivity contribution in [3.63, 3.8) is 0 Å². The Morgan fingerprint density at radius 3 is 1.96 bits per heavy atom. The number of carbonyl (C=O) groups is 3. The monoisotopic (exact) mass is 379 g/mol. The maximum Gasteiger partial charge on any atom is 0.269 e. The molecule has 1 fully saturated rings. The molecule has 2 amide bonds. The lowest BCUT2D eigenvalue weighted by Gasteiger charge is -2.31. The van der Waals surface area contributed by atoms with Gasteiger partial charge in [-0.3, -0.25) is 20.4 Å². The first-order chi connectivity index (χ1) is 12.9. The van der Waals surface area contributed by atoms with Crippen LogP contribution < -0.4 is 30.2 Å². The summed E-state index contributed by atoms with van der Waals surface area (Å²) in [6.45, 7) is 0. The van der Waals surface area contributed by atoms with E-state index >= 15 is 0 Å². The summed E-state index contributed by atoms with van der Waals surface area (Å²) in [5.74, 6) is -3.07. The summed E-state index contributed by atoms with van der Waals surface area (Å²) < 4.78 is 15.6. The third-order valence-corrected chi connectivity index (χ3v) is 4.63. The van der Waals surface area contributed by atoms with Crippen molar-refractivity contribution in [3.05, 3.63) is 17.7 Å². The van der Waals surface area contributed by atoms with Crippen LogP contribution in [0.2, 0.25) is 0 Å². The maximum absolute atomic E-state index is 12.4. The number of hydrogen-bond acceptors (Lipinski definition) is 7. The quantitative estimate of drug-likeness (QED) is 0.668. The van der Waals surface area contributed by atoms with Crippen LogP contribution >= 0.6 is 0 Å². The number of carbonyl (C=O) groups excluding carboxylic acids is 3. The zero-order valence-electron chi connectivity index (χ0n) is 15.5. The Labute approximate surface area is 156 Å². The van der Waals surface area contributed by atoms with Gasteiger partial charge >= 0.3 is 0 Å². The smallest absolute Gasteiger partial charge is 0.269 e. The predicted molar refractivity (Wildman–Crippen MR) is 92.2 cm³/mol. The molecule has 9 nitrogen and oxygen atoms in total. The van der Waals surface area contributed by atoms with Crippen LogP contribution in [-0.2, 0) is 9.59 Å². The summed E-state index contributed by atoms with van der Waals surface area (Å²) in [5, 5.41) is 11.2. The van der Waals surface area contributed by atoms with Gasteiger partial charge in [0.05, 0.1) is 21.3 Å². The highest BCUT2D eigenvalue weighted by molar-refractivity contribution is 5.97. The Morgan fingerprint density at radius 2 is 1.48 bits per heavy atom. The maximum atomic E-state index is 12.4. The Balaban J connectivity index is 2.09. The number of aliphatic carboxylic acids is 1. The van der Waals surface area contributed by atoms with Gasteiger partial charge in [-0.1, -0.05) is 12.8 Å². The van der Waals surface area contributed by atoms with Gasteiger partial charge in [0.25, 0.3) is 5.91 Å². The third kappa shape index (κ3) is 4.60. The lowest BCUT2D eigenvalue weighted by molar-refractivity contribution is -0.314.